The summed E-state index contributed by atoms with van der Waals surface area (Å²) >= 11 is 0. The van der Waals surface area contributed by atoms with Crippen LogP contribution in [0, 0.1) is 0 Å². The molecule has 4 nitrogen and oxygen atoms in total. The number of nitrogens with zero attached hydrogens (tertiary/aromatic N) is 4. The van der Waals surface area contributed by atoms with E-state index in [1.807, 2.05) is 24.8 Å². The van der Waals surface area contributed by atoms with Crippen molar-refractivity contribution in [3.63, 3.8) is 0 Å². The van der Waals surface area contributed by atoms with Crippen molar-refractivity contribution in [1.29, 1.82) is 0 Å². The maximum Gasteiger partial charge on any atom is 0.0404 e. The molecule has 94 heavy (non-hydrogen) atoms. The van der Waals surface area contributed by atoms with Crippen LogP contribution in [-0.2, 0) is 51.4 Å². The molecule has 0 radical (unpaired) electrons. The molecule has 8 aromatic carbocycles. The quantitative estimate of drug-likeness (QED) is 0.0635. The molecule has 0 amide bonds. The van der Waals surface area contributed by atoms with E-state index < -0.39 is 0 Å². The average molecular weight is 1230 g/mol. The number of pyridine rings is 4. The molecular weight excluding hydrogens is 1140 g/mol. The lowest BCUT2D eigenvalue weighted by Gasteiger charge is -2.07. The molecular formula is C90H96N4. The highest BCUT2D eigenvalue weighted by Crippen LogP contribution is 2.30. The maximum absolute atomic E-state index is 4.63. The van der Waals surface area contributed by atoms with Crippen molar-refractivity contribution in [1.82, 2.24) is 19.9 Å². The highest BCUT2D eigenvalue weighted by molar-refractivity contribution is 5.74. The van der Waals surface area contributed by atoms with E-state index in [0.29, 0.717) is 0 Å². The summed E-state index contributed by atoms with van der Waals surface area (Å²) in [6.07, 6.45) is 23.8. The van der Waals surface area contributed by atoms with E-state index >= 15 is 0 Å². The van der Waals surface area contributed by atoms with E-state index in [0.717, 1.165) is 63.5 Å². The topological polar surface area (TPSA) is 51.6 Å². The minimum Gasteiger partial charge on any atom is -0.261 e. The molecule has 4 heteroatoms. The summed E-state index contributed by atoms with van der Waals surface area (Å²) in [5.74, 6) is 0. The van der Waals surface area contributed by atoms with Crippen LogP contribution in [0.2, 0.25) is 0 Å². The summed E-state index contributed by atoms with van der Waals surface area (Å²) in [5.41, 5.74) is 29.9. The normalized spacial score (nSPS) is 10.7. The van der Waals surface area contributed by atoms with E-state index in [1.165, 1.54) is 160 Å². The molecule has 0 aliphatic carbocycles. The van der Waals surface area contributed by atoms with E-state index in [4.69, 9.17) is 0 Å². The van der Waals surface area contributed by atoms with Gasteiger partial charge in [-0.15, -0.1) is 0 Å². The Morgan fingerprint density at radius 3 is 0.574 bits per heavy atom. The van der Waals surface area contributed by atoms with Gasteiger partial charge in [0.2, 0.25) is 0 Å². The Labute approximate surface area is 563 Å². The Morgan fingerprint density at radius 2 is 0.372 bits per heavy atom. The molecule has 0 saturated heterocycles. The molecule has 4 aromatic heterocycles. The largest absolute Gasteiger partial charge is 0.261 e. The van der Waals surface area contributed by atoms with Crippen molar-refractivity contribution in [2.45, 2.75) is 145 Å². The van der Waals surface area contributed by atoms with Crippen LogP contribution in [0.4, 0.5) is 0 Å². The Hall–Kier alpha value is -9.64. The number of unbranched alkanes of at least 4 members (excludes halogenated alkanes) is 3. The second-order valence-corrected chi connectivity index (χ2v) is 24.3. The van der Waals surface area contributed by atoms with Gasteiger partial charge in [0, 0.05) is 69.8 Å². The SMILES string of the molecule is CCCCCc1ccc(-c2ccc(-c3ccc(CC)cc3)cc2)cn1.CCCCc1ccc(-c2ccc(-c3ccc(CC)cc3)cc2)cn1.CCCc1ccc(-c2ccc(-c3ccc(CC)cc3)cc2)cn1.CCc1ccc(-c2ccc(-c3ccc(CC)nc3)cc2)cc1. The van der Waals surface area contributed by atoms with Gasteiger partial charge in [0.15, 0.2) is 0 Å². The number of aromatic nitrogens is 4. The van der Waals surface area contributed by atoms with Gasteiger partial charge in [-0.25, -0.2) is 0 Å². The van der Waals surface area contributed by atoms with Crippen LogP contribution in [0.15, 0.2) is 267 Å². The fourth-order valence-electron chi connectivity index (χ4n) is 11.4. The van der Waals surface area contributed by atoms with Crippen LogP contribution >= 0.6 is 0 Å². The second-order valence-electron chi connectivity index (χ2n) is 24.3. The lowest BCUT2D eigenvalue weighted by atomic mass is 10.00. The third-order valence-electron chi connectivity index (χ3n) is 17.6. The third kappa shape index (κ3) is 20.2. The molecule has 0 atom stereocenters. The van der Waals surface area contributed by atoms with Gasteiger partial charge in [0.1, 0.15) is 0 Å². The number of aryl methyl sites for hydroxylation is 8. The lowest BCUT2D eigenvalue weighted by molar-refractivity contribution is 0.707. The van der Waals surface area contributed by atoms with Crippen molar-refractivity contribution in [2.24, 2.45) is 0 Å². The number of hydrogen-bond acceptors (Lipinski definition) is 4. The molecule has 4 heterocycles. The molecule has 0 fully saturated rings. The highest BCUT2D eigenvalue weighted by Gasteiger charge is 2.08. The fraction of sp³-hybridized carbons (Fsp3) is 0.244. The second kappa shape index (κ2) is 36.6. The fourth-order valence-corrected chi connectivity index (χ4v) is 11.4. The molecule has 0 aliphatic rings. The minimum absolute atomic E-state index is 0.979. The van der Waals surface area contributed by atoms with Crippen molar-refractivity contribution in [3.8, 4) is 89.0 Å². The van der Waals surface area contributed by atoms with Gasteiger partial charge < -0.3 is 0 Å². The molecule has 12 aromatic rings. The molecule has 476 valence electrons. The van der Waals surface area contributed by atoms with Gasteiger partial charge in [-0.05, 0) is 177 Å². The Bertz CT molecular complexity index is 4010. The van der Waals surface area contributed by atoms with Crippen LogP contribution in [0.5, 0.6) is 0 Å². The Balaban J connectivity index is 0.000000148. The summed E-state index contributed by atoms with van der Waals surface area (Å²) in [5, 5.41) is 0. The van der Waals surface area contributed by atoms with Crippen LogP contribution in [0.1, 0.15) is 139 Å². The van der Waals surface area contributed by atoms with Gasteiger partial charge in [0.25, 0.3) is 0 Å². The van der Waals surface area contributed by atoms with Crippen molar-refractivity contribution < 1.29 is 0 Å². The molecule has 0 aliphatic heterocycles. The molecule has 0 N–H and O–H groups in total. The maximum atomic E-state index is 4.63. The summed E-state index contributed by atoms with van der Waals surface area (Å²) in [7, 11) is 0. The molecule has 0 saturated carbocycles. The van der Waals surface area contributed by atoms with Crippen LogP contribution < -0.4 is 0 Å². The van der Waals surface area contributed by atoms with Crippen molar-refractivity contribution in [3.05, 3.63) is 312 Å². The first kappa shape index (κ1) is 68.7. The lowest BCUT2D eigenvalue weighted by Crippen LogP contribution is -1.90. The molecule has 0 bridgehead atoms. The first-order chi connectivity index (χ1) is 46.2. The molecule has 12 rings (SSSR count). The first-order valence-corrected chi connectivity index (χ1v) is 34.8. The Morgan fingerprint density at radius 1 is 0.170 bits per heavy atom. The standard InChI is InChI=1S/C24H27N.C23H25N.C22H23N.C21H21N/c1-3-5-6-7-24-17-16-23(18-25-24)22-14-12-21(13-15-22)20-10-8-19(4-2)9-11-20;1-3-5-6-23-16-15-22(17-24-23)21-13-11-20(12-14-21)19-9-7-18(4-2)8-10-19;1-3-5-22-15-14-21(16-23-22)20-12-10-19(11-13-20)18-8-6-17(4-2)7-9-18;1-3-16-5-7-17(8-6-16)18-9-11-19(12-10-18)20-13-14-21(4-2)22-15-20/h8-18H,3-7H2,1-2H3;7-17H,3-6H2,1-2H3;6-16H,3-5H2,1-2H3;5-15H,3-4H2,1-2H3. The smallest absolute Gasteiger partial charge is 0.0404 e. The zero-order valence-electron chi connectivity index (χ0n) is 57.1. The summed E-state index contributed by atoms with van der Waals surface area (Å²) in [4.78, 5) is 18.2. The van der Waals surface area contributed by atoms with E-state index in [9.17, 15) is 0 Å². The highest BCUT2D eigenvalue weighted by atomic mass is 14.7. The van der Waals surface area contributed by atoms with E-state index in [1.54, 1.807) is 0 Å². The minimum atomic E-state index is 0.979. The van der Waals surface area contributed by atoms with Gasteiger partial charge in [0.05, 0.1) is 0 Å². The summed E-state index contributed by atoms with van der Waals surface area (Å²) in [6, 6.07) is 87.6. The zero-order valence-corrected chi connectivity index (χ0v) is 57.1. The van der Waals surface area contributed by atoms with Gasteiger partial charge in [-0.2, -0.15) is 0 Å². The van der Waals surface area contributed by atoms with Crippen LogP contribution in [0.3, 0.4) is 0 Å². The zero-order chi connectivity index (χ0) is 65.7. The van der Waals surface area contributed by atoms with Crippen molar-refractivity contribution in [2.75, 3.05) is 0 Å². The van der Waals surface area contributed by atoms with Crippen LogP contribution in [0.25, 0.3) is 89.0 Å². The van der Waals surface area contributed by atoms with Gasteiger partial charge in [-0.3, -0.25) is 19.9 Å². The van der Waals surface area contributed by atoms with Crippen molar-refractivity contribution >= 4 is 0 Å². The predicted molar refractivity (Wildman–Crippen MR) is 403 cm³/mol. The third-order valence-corrected chi connectivity index (χ3v) is 17.6. The monoisotopic (exact) mass is 1230 g/mol. The number of benzene rings is 8. The summed E-state index contributed by atoms with van der Waals surface area (Å²) < 4.78 is 0. The Kier molecular flexibility index (Phi) is 26.7. The van der Waals surface area contributed by atoms with E-state index in [-0.39, 0.29) is 0 Å². The van der Waals surface area contributed by atoms with Gasteiger partial charge >= 0.3 is 0 Å². The summed E-state index contributed by atoms with van der Waals surface area (Å²) in [6.45, 7) is 17.5. The average Bonchev–Trinajstić information content (AvgIpc) is 1.05. The predicted octanol–water partition coefficient (Wildman–Crippen LogP) is 24.5. The first-order valence-electron chi connectivity index (χ1n) is 34.8. The number of hydrogen-bond donors (Lipinski definition) is 0. The number of rotatable bonds is 22. The van der Waals surface area contributed by atoms with Crippen LogP contribution in [-0.4, -0.2) is 19.9 Å². The van der Waals surface area contributed by atoms with E-state index in [2.05, 4.69) is 318 Å². The molecule has 0 unspecified atom stereocenters. The molecule has 0 spiro atoms. The van der Waals surface area contributed by atoms with Gasteiger partial charge in [-0.1, -0.05) is 299 Å².